The van der Waals surface area contributed by atoms with Crippen LogP contribution in [0.4, 0.5) is 0 Å². The van der Waals surface area contributed by atoms with Crippen molar-refractivity contribution < 1.29 is 19.8 Å². The summed E-state index contributed by atoms with van der Waals surface area (Å²) >= 11 is 0. The van der Waals surface area contributed by atoms with Crippen molar-refractivity contribution in [2.75, 3.05) is 13.2 Å². The molecule has 1 heterocycles. The average Bonchev–Trinajstić information content (AvgIpc) is 2.55. The molecule has 0 aromatic heterocycles. The van der Waals surface area contributed by atoms with E-state index in [2.05, 4.69) is 0 Å². The maximum absolute atomic E-state index is 11.4. The fraction of sp³-hybridized carbons (Fsp3) is 0.800. The number of carboxylic acids is 1. The van der Waals surface area contributed by atoms with Crippen LogP contribution in [0.25, 0.3) is 0 Å². The van der Waals surface area contributed by atoms with Gasteiger partial charge in [-0.15, -0.1) is 0 Å². The molecule has 1 aliphatic heterocycles. The molecule has 1 unspecified atom stereocenters. The molecule has 1 fully saturated rings. The molecular formula is C10H17NO4. The largest absolute Gasteiger partial charge is 0.480 e. The molecule has 0 saturated carbocycles. The van der Waals surface area contributed by atoms with Gasteiger partial charge < -0.3 is 15.1 Å². The predicted molar refractivity (Wildman–Crippen MR) is 53.3 cm³/mol. The van der Waals surface area contributed by atoms with Crippen molar-refractivity contribution in [1.29, 1.82) is 0 Å². The zero-order chi connectivity index (χ0) is 11.3. The Labute approximate surface area is 88.7 Å². The highest BCUT2D eigenvalue weighted by molar-refractivity contribution is 5.87. The standard InChI is InChI=1S/C10H17NO4/c12-7-3-1-2-6-11-8(10(14)15)4-5-9(11)13/h8,12H,1-7H2,(H,14,15). The molecule has 0 aromatic rings. The molecule has 1 atom stereocenters. The van der Waals surface area contributed by atoms with Gasteiger partial charge in [0.2, 0.25) is 5.91 Å². The van der Waals surface area contributed by atoms with E-state index >= 15 is 0 Å². The molecule has 1 aliphatic rings. The summed E-state index contributed by atoms with van der Waals surface area (Å²) in [5.41, 5.74) is 0. The number of carboxylic acid groups (broad SMARTS) is 1. The van der Waals surface area contributed by atoms with Gasteiger partial charge in [0.15, 0.2) is 0 Å². The van der Waals surface area contributed by atoms with Gasteiger partial charge in [0.05, 0.1) is 0 Å². The SMILES string of the molecule is O=C(O)C1CCC(=O)N1CCCCCO. The fourth-order valence-electron chi connectivity index (χ4n) is 1.84. The van der Waals surface area contributed by atoms with E-state index in [-0.39, 0.29) is 12.5 Å². The molecular weight excluding hydrogens is 198 g/mol. The number of unbranched alkanes of at least 4 members (excludes halogenated alkanes) is 2. The first-order valence-electron chi connectivity index (χ1n) is 5.30. The van der Waals surface area contributed by atoms with Crippen LogP contribution in [0, 0.1) is 0 Å². The van der Waals surface area contributed by atoms with Gasteiger partial charge in [0.1, 0.15) is 6.04 Å². The van der Waals surface area contributed by atoms with E-state index in [1.807, 2.05) is 0 Å². The zero-order valence-corrected chi connectivity index (χ0v) is 8.69. The third-order valence-electron chi connectivity index (χ3n) is 2.67. The predicted octanol–water partition coefficient (Wildman–Crippen LogP) is 0.225. The van der Waals surface area contributed by atoms with Crippen LogP contribution < -0.4 is 0 Å². The minimum atomic E-state index is -0.914. The van der Waals surface area contributed by atoms with Gasteiger partial charge >= 0.3 is 5.97 Å². The third-order valence-corrected chi connectivity index (χ3v) is 2.67. The Balaban J connectivity index is 2.36. The second-order valence-electron chi connectivity index (χ2n) is 3.76. The molecule has 1 saturated heterocycles. The summed E-state index contributed by atoms with van der Waals surface area (Å²) in [4.78, 5) is 23.6. The first-order chi connectivity index (χ1) is 7.16. The van der Waals surface area contributed by atoms with Crippen LogP contribution in [-0.2, 0) is 9.59 Å². The highest BCUT2D eigenvalue weighted by atomic mass is 16.4. The average molecular weight is 215 g/mol. The first-order valence-corrected chi connectivity index (χ1v) is 5.30. The number of nitrogens with zero attached hydrogens (tertiary/aromatic N) is 1. The Morgan fingerprint density at radius 3 is 2.73 bits per heavy atom. The van der Waals surface area contributed by atoms with Gasteiger partial charge in [-0.05, 0) is 25.7 Å². The van der Waals surface area contributed by atoms with Crippen LogP contribution in [-0.4, -0.2) is 46.2 Å². The maximum Gasteiger partial charge on any atom is 0.326 e. The van der Waals surface area contributed by atoms with Crippen molar-refractivity contribution >= 4 is 11.9 Å². The van der Waals surface area contributed by atoms with E-state index in [1.165, 1.54) is 4.90 Å². The number of amides is 1. The number of carbonyl (C=O) groups is 2. The number of carbonyl (C=O) groups excluding carboxylic acids is 1. The van der Waals surface area contributed by atoms with Crippen LogP contribution in [0.15, 0.2) is 0 Å². The van der Waals surface area contributed by atoms with Gasteiger partial charge in [-0.1, -0.05) is 0 Å². The van der Waals surface area contributed by atoms with Crippen molar-refractivity contribution in [3.63, 3.8) is 0 Å². The Morgan fingerprint density at radius 2 is 2.13 bits per heavy atom. The van der Waals surface area contributed by atoms with Crippen molar-refractivity contribution in [2.45, 2.75) is 38.1 Å². The van der Waals surface area contributed by atoms with E-state index < -0.39 is 12.0 Å². The second-order valence-corrected chi connectivity index (χ2v) is 3.76. The van der Waals surface area contributed by atoms with E-state index in [9.17, 15) is 9.59 Å². The third kappa shape index (κ3) is 3.20. The molecule has 0 bridgehead atoms. The number of aliphatic hydroxyl groups is 1. The second kappa shape index (κ2) is 5.70. The lowest BCUT2D eigenvalue weighted by Gasteiger charge is -2.21. The quantitative estimate of drug-likeness (QED) is 0.621. The summed E-state index contributed by atoms with van der Waals surface area (Å²) in [5, 5.41) is 17.4. The van der Waals surface area contributed by atoms with Crippen molar-refractivity contribution in [1.82, 2.24) is 4.90 Å². The minimum Gasteiger partial charge on any atom is -0.480 e. The monoisotopic (exact) mass is 215 g/mol. The zero-order valence-electron chi connectivity index (χ0n) is 8.69. The fourth-order valence-corrected chi connectivity index (χ4v) is 1.84. The molecule has 5 heteroatoms. The number of hydrogen-bond acceptors (Lipinski definition) is 3. The number of rotatable bonds is 6. The van der Waals surface area contributed by atoms with Crippen molar-refractivity contribution in [2.24, 2.45) is 0 Å². The van der Waals surface area contributed by atoms with Crippen LogP contribution in [0.3, 0.4) is 0 Å². The summed E-state index contributed by atoms with van der Waals surface area (Å²) < 4.78 is 0. The van der Waals surface area contributed by atoms with Gasteiger partial charge in [0.25, 0.3) is 0 Å². The summed E-state index contributed by atoms with van der Waals surface area (Å²) in [6, 6.07) is -0.633. The van der Waals surface area contributed by atoms with Gasteiger partial charge in [-0.2, -0.15) is 0 Å². The Hall–Kier alpha value is -1.10. The molecule has 1 rings (SSSR count). The van der Waals surface area contributed by atoms with Gasteiger partial charge in [0, 0.05) is 19.6 Å². The lowest BCUT2D eigenvalue weighted by atomic mass is 10.2. The Bertz CT molecular complexity index is 242. The van der Waals surface area contributed by atoms with Crippen LogP contribution >= 0.6 is 0 Å². The van der Waals surface area contributed by atoms with Crippen LogP contribution in [0.1, 0.15) is 32.1 Å². The number of aliphatic hydroxyl groups excluding tert-OH is 1. The van der Waals surface area contributed by atoms with Crippen LogP contribution in [0.5, 0.6) is 0 Å². The molecule has 0 radical (unpaired) electrons. The van der Waals surface area contributed by atoms with E-state index in [4.69, 9.17) is 10.2 Å². The first kappa shape index (κ1) is 12.0. The molecule has 0 spiro atoms. The molecule has 1 amide bonds. The number of hydrogen-bond donors (Lipinski definition) is 2. The summed E-state index contributed by atoms with van der Waals surface area (Å²) in [6.45, 7) is 0.645. The molecule has 15 heavy (non-hydrogen) atoms. The van der Waals surface area contributed by atoms with Gasteiger partial charge in [-0.3, -0.25) is 4.79 Å². The molecule has 0 aliphatic carbocycles. The minimum absolute atomic E-state index is 0.0635. The van der Waals surface area contributed by atoms with E-state index in [0.29, 0.717) is 25.8 Å². The Morgan fingerprint density at radius 1 is 1.40 bits per heavy atom. The lowest BCUT2D eigenvalue weighted by molar-refractivity contribution is -0.146. The summed E-state index contributed by atoms with van der Waals surface area (Å²) in [6.07, 6.45) is 3.06. The molecule has 0 aromatic carbocycles. The summed E-state index contributed by atoms with van der Waals surface area (Å²) in [7, 11) is 0. The number of aliphatic carboxylic acids is 1. The van der Waals surface area contributed by atoms with Gasteiger partial charge in [-0.25, -0.2) is 4.79 Å². The highest BCUT2D eigenvalue weighted by Gasteiger charge is 2.35. The number of likely N-dealkylation sites (tertiary alicyclic amines) is 1. The normalized spacial score (nSPS) is 21.0. The maximum atomic E-state index is 11.4. The van der Waals surface area contributed by atoms with E-state index in [1.54, 1.807) is 0 Å². The van der Waals surface area contributed by atoms with Crippen molar-refractivity contribution in [3.05, 3.63) is 0 Å². The molecule has 5 nitrogen and oxygen atoms in total. The molecule has 2 N–H and O–H groups in total. The summed E-state index contributed by atoms with van der Waals surface area (Å²) in [5.74, 6) is -0.977. The Kier molecular flexibility index (Phi) is 4.55. The highest BCUT2D eigenvalue weighted by Crippen LogP contribution is 2.19. The topological polar surface area (TPSA) is 77.8 Å². The van der Waals surface area contributed by atoms with Crippen LogP contribution in [0.2, 0.25) is 0 Å². The van der Waals surface area contributed by atoms with E-state index in [0.717, 1.165) is 12.8 Å². The smallest absolute Gasteiger partial charge is 0.326 e. The molecule has 86 valence electrons. The van der Waals surface area contributed by atoms with Crippen molar-refractivity contribution in [3.8, 4) is 0 Å². The lowest BCUT2D eigenvalue weighted by Crippen LogP contribution is -2.39.